The van der Waals surface area contributed by atoms with Crippen LogP contribution in [-0.4, -0.2) is 33.0 Å². The Bertz CT molecular complexity index is 1410. The predicted molar refractivity (Wildman–Crippen MR) is 132 cm³/mol. The van der Waals surface area contributed by atoms with Crippen LogP contribution in [0.2, 0.25) is 10.0 Å². The minimum absolute atomic E-state index is 0.00356. The van der Waals surface area contributed by atoms with E-state index in [2.05, 4.69) is 20.7 Å². The first kappa shape index (κ1) is 25.2. The van der Waals surface area contributed by atoms with E-state index in [1.807, 2.05) is 0 Å². The number of halogens is 2. The summed E-state index contributed by atoms with van der Waals surface area (Å²) in [5, 5.41) is 23.3. The van der Waals surface area contributed by atoms with E-state index in [1.165, 1.54) is 18.3 Å². The summed E-state index contributed by atoms with van der Waals surface area (Å²) in [6, 6.07) is 14.1. The number of benzene rings is 2. The minimum Gasteiger partial charge on any atom is -0.482 e. The summed E-state index contributed by atoms with van der Waals surface area (Å²) in [6.07, 6.45) is 1.33. The molecule has 1 N–H and O–H groups in total. The molecule has 0 aliphatic heterocycles. The highest BCUT2D eigenvalue weighted by Crippen LogP contribution is 2.28. The van der Waals surface area contributed by atoms with Gasteiger partial charge in [-0.2, -0.15) is 5.10 Å². The molecule has 0 atom stereocenters. The van der Waals surface area contributed by atoms with Crippen LogP contribution in [0.25, 0.3) is 11.3 Å². The molecule has 0 saturated carbocycles. The normalized spacial score (nSPS) is 11.1. The van der Waals surface area contributed by atoms with Crippen molar-refractivity contribution in [1.82, 2.24) is 15.6 Å². The Morgan fingerprint density at radius 3 is 2.69 bits per heavy atom. The number of carbonyl (C=O) groups is 1. The second kappa shape index (κ2) is 11.7. The monoisotopic (exact) mass is 547 g/mol. The van der Waals surface area contributed by atoms with Crippen LogP contribution in [0.5, 0.6) is 5.75 Å². The molecule has 11 nitrogen and oxygen atoms in total. The zero-order chi connectivity index (χ0) is 25.5. The molecule has 0 aliphatic carbocycles. The lowest BCUT2D eigenvalue weighted by molar-refractivity contribution is -0.384. The quantitative estimate of drug-likeness (QED) is 0.120. The molecule has 0 saturated heterocycles. The number of non-ortho nitro benzene ring substituents is 1. The summed E-state index contributed by atoms with van der Waals surface area (Å²) in [5.41, 5.74) is 3.02. The lowest BCUT2D eigenvalue weighted by Gasteiger charge is -2.05. The van der Waals surface area contributed by atoms with Crippen molar-refractivity contribution in [1.29, 1.82) is 0 Å². The summed E-state index contributed by atoms with van der Waals surface area (Å²) >= 11 is 12.9. The van der Waals surface area contributed by atoms with Crippen LogP contribution in [0, 0.1) is 10.1 Å². The van der Waals surface area contributed by atoms with Gasteiger partial charge >= 0.3 is 0 Å². The Morgan fingerprint density at radius 1 is 1.14 bits per heavy atom. The van der Waals surface area contributed by atoms with Crippen molar-refractivity contribution >= 4 is 52.8 Å². The highest BCUT2D eigenvalue weighted by atomic mass is 35.5. The summed E-state index contributed by atoms with van der Waals surface area (Å²) in [5.74, 6) is 1.10. The largest absolute Gasteiger partial charge is 0.482 e. The average molecular weight is 548 g/mol. The molecular formula is C22H15Cl2N5O6S. The van der Waals surface area contributed by atoms with Crippen LogP contribution in [0.4, 0.5) is 5.69 Å². The molecule has 36 heavy (non-hydrogen) atoms. The van der Waals surface area contributed by atoms with Gasteiger partial charge in [-0.25, -0.2) is 5.43 Å². The Labute approximate surface area is 217 Å². The number of amides is 1. The van der Waals surface area contributed by atoms with Gasteiger partial charge in [0.05, 0.1) is 21.9 Å². The first-order valence-corrected chi connectivity index (χ1v) is 11.8. The highest BCUT2D eigenvalue weighted by molar-refractivity contribution is 7.99. The zero-order valence-corrected chi connectivity index (χ0v) is 20.4. The van der Waals surface area contributed by atoms with Crippen LogP contribution in [0.15, 0.2) is 73.8 Å². The molecule has 0 bridgehead atoms. The van der Waals surface area contributed by atoms with Crippen LogP contribution >= 0.6 is 35.0 Å². The van der Waals surface area contributed by atoms with E-state index in [9.17, 15) is 14.9 Å². The fourth-order valence-electron chi connectivity index (χ4n) is 2.74. The maximum atomic E-state index is 12.0. The van der Waals surface area contributed by atoms with Gasteiger partial charge in [-0.05, 0) is 42.5 Å². The second-order valence-corrected chi connectivity index (χ2v) is 8.68. The number of nitrogens with one attached hydrogen (secondary N) is 1. The van der Waals surface area contributed by atoms with Gasteiger partial charge in [0.2, 0.25) is 0 Å². The zero-order valence-electron chi connectivity index (χ0n) is 18.1. The number of thioether (sulfide) groups is 1. The number of hydrazone groups is 1. The molecule has 2 aromatic heterocycles. The number of aromatic nitrogens is 2. The molecule has 1 amide bonds. The van der Waals surface area contributed by atoms with E-state index in [0.29, 0.717) is 32.9 Å². The number of nitro groups is 1. The number of nitro benzene ring substituents is 1. The van der Waals surface area contributed by atoms with E-state index >= 15 is 0 Å². The fourth-order valence-corrected chi connectivity index (χ4v) is 3.77. The van der Waals surface area contributed by atoms with Gasteiger partial charge in [0, 0.05) is 22.7 Å². The number of nitrogens with zero attached hydrogens (tertiary/aromatic N) is 4. The van der Waals surface area contributed by atoms with Crippen molar-refractivity contribution in [3.8, 4) is 17.1 Å². The average Bonchev–Trinajstić information content (AvgIpc) is 3.52. The molecule has 0 unspecified atom stereocenters. The van der Waals surface area contributed by atoms with Crippen molar-refractivity contribution in [2.45, 2.75) is 11.8 Å². The minimum atomic E-state index is -0.476. The first-order valence-electron chi connectivity index (χ1n) is 10.1. The van der Waals surface area contributed by atoms with Gasteiger partial charge in [-0.3, -0.25) is 14.9 Å². The molecule has 4 rings (SSSR count). The van der Waals surface area contributed by atoms with E-state index in [4.69, 9.17) is 36.8 Å². The smallest absolute Gasteiger partial charge is 0.277 e. The second-order valence-electron chi connectivity index (χ2n) is 6.91. The molecule has 2 aromatic carbocycles. The molecule has 0 radical (unpaired) electrons. The molecular weight excluding hydrogens is 533 g/mol. The van der Waals surface area contributed by atoms with E-state index in [-0.39, 0.29) is 29.2 Å². The first-order chi connectivity index (χ1) is 17.4. The molecule has 0 fully saturated rings. The van der Waals surface area contributed by atoms with Crippen molar-refractivity contribution in [3.05, 3.63) is 86.4 Å². The number of rotatable bonds is 10. The van der Waals surface area contributed by atoms with E-state index in [0.717, 1.165) is 11.8 Å². The number of ether oxygens (including phenoxy) is 1. The van der Waals surface area contributed by atoms with E-state index in [1.54, 1.807) is 42.5 Å². The van der Waals surface area contributed by atoms with Gasteiger partial charge in [0.25, 0.3) is 22.7 Å². The maximum Gasteiger partial charge on any atom is 0.277 e. The van der Waals surface area contributed by atoms with Crippen LogP contribution in [0.1, 0.15) is 11.7 Å². The van der Waals surface area contributed by atoms with Gasteiger partial charge in [0.1, 0.15) is 17.3 Å². The number of hydrogen-bond acceptors (Lipinski definition) is 10. The lowest BCUT2D eigenvalue weighted by Crippen LogP contribution is -2.19. The van der Waals surface area contributed by atoms with Gasteiger partial charge < -0.3 is 13.6 Å². The third kappa shape index (κ3) is 6.84. The van der Waals surface area contributed by atoms with Crippen molar-refractivity contribution in [2.75, 3.05) is 5.75 Å². The topological polar surface area (TPSA) is 146 Å². The summed E-state index contributed by atoms with van der Waals surface area (Å²) in [4.78, 5) is 22.3. The van der Waals surface area contributed by atoms with E-state index < -0.39 is 10.8 Å². The van der Waals surface area contributed by atoms with Crippen LogP contribution in [-0.2, 0) is 11.4 Å². The summed E-state index contributed by atoms with van der Waals surface area (Å²) < 4.78 is 16.6. The number of hydrogen-bond donors (Lipinski definition) is 1. The molecule has 14 heteroatoms. The maximum absolute atomic E-state index is 12.0. The van der Waals surface area contributed by atoms with Gasteiger partial charge in [-0.15, -0.1) is 10.2 Å². The number of furan rings is 1. The lowest BCUT2D eigenvalue weighted by atomic mass is 10.1. The SMILES string of the molecule is O=C(CSc1nnc(COc2ccc(Cl)cc2Cl)o1)N/N=C\c1ccc(-c2ccc([N+](=O)[O-])cc2)o1. The van der Waals surface area contributed by atoms with Crippen molar-refractivity contribution in [2.24, 2.45) is 5.10 Å². The highest BCUT2D eigenvalue weighted by Gasteiger charge is 2.12. The molecule has 184 valence electrons. The Balaban J connectivity index is 1.21. The Hall–Kier alpha value is -3.87. The van der Waals surface area contributed by atoms with Gasteiger partial charge in [-0.1, -0.05) is 35.0 Å². The summed E-state index contributed by atoms with van der Waals surface area (Å²) in [7, 11) is 0. The molecule has 0 spiro atoms. The van der Waals surface area contributed by atoms with Gasteiger partial charge in [0.15, 0.2) is 6.61 Å². The third-order valence-corrected chi connectivity index (χ3v) is 5.74. The molecule has 2 heterocycles. The number of carbonyl (C=O) groups excluding carboxylic acids is 1. The van der Waals surface area contributed by atoms with Crippen molar-refractivity contribution in [3.63, 3.8) is 0 Å². The Kier molecular flexibility index (Phi) is 8.21. The molecule has 4 aromatic rings. The fraction of sp³-hybridized carbons (Fsp3) is 0.0909. The predicted octanol–water partition coefficient (Wildman–Crippen LogP) is 5.37. The van der Waals surface area contributed by atoms with Crippen LogP contribution in [0.3, 0.4) is 0 Å². The molecule has 0 aliphatic rings. The standard InChI is InChI=1S/C22H15Cl2N5O6S/c23-14-3-7-19(17(24)9-14)33-11-21-27-28-22(35-21)36-12-20(30)26-25-10-16-6-8-18(34-16)13-1-4-15(5-2-13)29(31)32/h1-10H,11-12H2,(H,26,30)/b25-10-. The third-order valence-electron chi connectivity index (χ3n) is 4.39. The van der Waals surface area contributed by atoms with Crippen LogP contribution < -0.4 is 10.2 Å². The van der Waals surface area contributed by atoms with Crippen molar-refractivity contribution < 1.29 is 23.3 Å². The Morgan fingerprint density at radius 2 is 1.94 bits per heavy atom. The summed E-state index contributed by atoms with van der Waals surface area (Å²) in [6.45, 7) is -0.00356.